The second kappa shape index (κ2) is 11.9. The zero-order chi connectivity index (χ0) is 17.8. The molecule has 0 aromatic heterocycles. The lowest BCUT2D eigenvalue weighted by Crippen LogP contribution is -2.25. The van der Waals surface area contributed by atoms with Crippen LogP contribution >= 0.6 is 23.2 Å². The molecule has 0 fully saturated rings. The van der Waals surface area contributed by atoms with E-state index in [-0.39, 0.29) is 12.5 Å². The van der Waals surface area contributed by atoms with Gasteiger partial charge < -0.3 is 4.74 Å². The van der Waals surface area contributed by atoms with Gasteiger partial charge in [0, 0.05) is 17.2 Å². The summed E-state index contributed by atoms with van der Waals surface area (Å²) < 4.78 is 5.17. The number of halogens is 2. The number of aryl methyl sites for hydroxylation is 1. The van der Waals surface area contributed by atoms with Gasteiger partial charge in [-0.25, -0.2) is 5.48 Å². The van der Waals surface area contributed by atoms with E-state index in [4.69, 9.17) is 33.1 Å². The van der Waals surface area contributed by atoms with Crippen LogP contribution in [0.5, 0.6) is 0 Å². The van der Waals surface area contributed by atoms with Gasteiger partial charge in [-0.1, -0.05) is 53.5 Å². The SMILES string of the molecule is COC(CCc1ccc(Cl)cc1)CC(=O)NO.Clc1ccccc1. The lowest BCUT2D eigenvalue weighted by atomic mass is 10.0. The average molecular weight is 370 g/mol. The van der Waals surface area contributed by atoms with Crippen LogP contribution < -0.4 is 5.48 Å². The molecule has 2 aromatic carbocycles. The summed E-state index contributed by atoms with van der Waals surface area (Å²) in [6, 6.07) is 17.0. The van der Waals surface area contributed by atoms with E-state index in [9.17, 15) is 4.79 Å². The summed E-state index contributed by atoms with van der Waals surface area (Å²) in [6.07, 6.45) is 1.47. The molecule has 1 unspecified atom stereocenters. The van der Waals surface area contributed by atoms with Crippen LogP contribution in [0.3, 0.4) is 0 Å². The quantitative estimate of drug-likeness (QED) is 0.581. The van der Waals surface area contributed by atoms with Crippen molar-refractivity contribution in [3.63, 3.8) is 0 Å². The van der Waals surface area contributed by atoms with E-state index in [1.165, 1.54) is 0 Å². The van der Waals surface area contributed by atoms with Crippen LogP contribution in [-0.2, 0) is 16.0 Å². The third-order valence-electron chi connectivity index (χ3n) is 3.27. The molecule has 2 rings (SSSR count). The molecular weight excluding hydrogens is 349 g/mol. The van der Waals surface area contributed by atoms with Crippen molar-refractivity contribution in [3.8, 4) is 0 Å². The molecule has 2 aromatic rings. The highest BCUT2D eigenvalue weighted by Crippen LogP contribution is 2.13. The first-order valence-electron chi connectivity index (χ1n) is 7.46. The normalized spacial score (nSPS) is 11.2. The number of carbonyl (C=O) groups is 1. The van der Waals surface area contributed by atoms with Gasteiger partial charge in [0.25, 0.3) is 0 Å². The third kappa shape index (κ3) is 8.89. The van der Waals surface area contributed by atoms with E-state index >= 15 is 0 Å². The number of carbonyl (C=O) groups excluding carboxylic acids is 1. The van der Waals surface area contributed by atoms with Crippen molar-refractivity contribution in [2.45, 2.75) is 25.4 Å². The summed E-state index contributed by atoms with van der Waals surface area (Å²) in [5.41, 5.74) is 2.74. The lowest BCUT2D eigenvalue weighted by Gasteiger charge is -2.13. The third-order valence-corrected chi connectivity index (χ3v) is 3.78. The van der Waals surface area contributed by atoms with Gasteiger partial charge >= 0.3 is 0 Å². The molecule has 0 radical (unpaired) electrons. The van der Waals surface area contributed by atoms with Crippen LogP contribution in [-0.4, -0.2) is 24.3 Å². The minimum Gasteiger partial charge on any atom is -0.381 e. The molecule has 0 heterocycles. The number of amides is 1. The predicted octanol–water partition coefficient (Wildman–Crippen LogP) is 4.52. The second-order valence-corrected chi connectivity index (χ2v) is 5.93. The zero-order valence-electron chi connectivity index (χ0n) is 13.4. The maximum absolute atomic E-state index is 11.0. The number of ether oxygens (including phenoxy) is 1. The van der Waals surface area contributed by atoms with Crippen LogP contribution in [0.4, 0.5) is 0 Å². The first-order valence-corrected chi connectivity index (χ1v) is 8.21. The Hall–Kier alpha value is -1.59. The molecule has 0 aliphatic heterocycles. The molecule has 0 aliphatic rings. The van der Waals surface area contributed by atoms with Crippen molar-refractivity contribution in [3.05, 3.63) is 70.2 Å². The topological polar surface area (TPSA) is 58.6 Å². The number of methoxy groups -OCH3 is 1. The number of benzene rings is 2. The first-order chi connectivity index (χ1) is 11.5. The van der Waals surface area contributed by atoms with Gasteiger partial charge in [-0.15, -0.1) is 0 Å². The van der Waals surface area contributed by atoms with Gasteiger partial charge in [0.2, 0.25) is 5.91 Å². The predicted molar refractivity (Wildman–Crippen MR) is 96.6 cm³/mol. The van der Waals surface area contributed by atoms with E-state index in [0.29, 0.717) is 11.4 Å². The van der Waals surface area contributed by atoms with E-state index in [1.807, 2.05) is 54.6 Å². The summed E-state index contributed by atoms with van der Waals surface area (Å²) in [5, 5.41) is 9.92. The molecule has 0 spiro atoms. The Morgan fingerprint density at radius 2 is 1.67 bits per heavy atom. The Balaban J connectivity index is 0.000000341. The van der Waals surface area contributed by atoms with Gasteiger partial charge in [-0.3, -0.25) is 10.0 Å². The standard InChI is InChI=1S/C12H16ClNO3.C6H5Cl/c1-17-11(8-12(15)14-16)7-4-9-2-5-10(13)6-3-9;7-6-4-2-1-3-5-6/h2-3,5-6,11,16H,4,7-8H2,1H3,(H,14,15);1-5H. The molecule has 1 atom stereocenters. The summed E-state index contributed by atoms with van der Waals surface area (Å²) >= 11 is 11.3. The molecule has 2 N–H and O–H groups in total. The van der Waals surface area contributed by atoms with Crippen LogP contribution in [0.25, 0.3) is 0 Å². The number of hydrogen-bond acceptors (Lipinski definition) is 3. The molecule has 0 saturated carbocycles. The Kier molecular flexibility index (Phi) is 10.1. The van der Waals surface area contributed by atoms with E-state index in [0.717, 1.165) is 17.0 Å². The zero-order valence-corrected chi connectivity index (χ0v) is 14.9. The van der Waals surface area contributed by atoms with E-state index in [1.54, 1.807) is 12.6 Å². The number of hydroxylamine groups is 1. The Morgan fingerprint density at radius 3 is 2.12 bits per heavy atom. The van der Waals surface area contributed by atoms with Crippen LogP contribution in [0.15, 0.2) is 54.6 Å². The van der Waals surface area contributed by atoms with Crippen molar-refractivity contribution in [2.75, 3.05) is 7.11 Å². The lowest BCUT2D eigenvalue weighted by molar-refractivity contribution is -0.131. The minimum absolute atomic E-state index is 0.153. The van der Waals surface area contributed by atoms with E-state index in [2.05, 4.69) is 0 Å². The van der Waals surface area contributed by atoms with Crippen molar-refractivity contribution in [1.29, 1.82) is 0 Å². The van der Waals surface area contributed by atoms with Gasteiger partial charge in [0.1, 0.15) is 0 Å². The minimum atomic E-state index is -0.437. The van der Waals surface area contributed by atoms with Gasteiger partial charge in [-0.05, 0) is 42.7 Å². The van der Waals surface area contributed by atoms with Crippen molar-refractivity contribution < 1.29 is 14.7 Å². The fourth-order valence-electron chi connectivity index (χ4n) is 1.95. The summed E-state index contributed by atoms with van der Waals surface area (Å²) in [6.45, 7) is 0. The van der Waals surface area contributed by atoms with E-state index < -0.39 is 5.91 Å². The molecule has 0 saturated heterocycles. The maximum atomic E-state index is 11.0. The number of rotatable bonds is 6. The average Bonchev–Trinajstić information content (AvgIpc) is 2.61. The molecule has 0 bridgehead atoms. The number of nitrogens with one attached hydrogen (secondary N) is 1. The van der Waals surface area contributed by atoms with Gasteiger partial charge in [-0.2, -0.15) is 0 Å². The molecule has 1 amide bonds. The van der Waals surface area contributed by atoms with Crippen LogP contribution in [0.2, 0.25) is 10.0 Å². The Bertz CT molecular complexity index is 591. The Labute approximate surface area is 152 Å². The molecule has 6 heteroatoms. The highest BCUT2D eigenvalue weighted by atomic mass is 35.5. The number of hydrogen-bond donors (Lipinski definition) is 2. The summed E-state index contributed by atoms with van der Waals surface area (Å²) in [7, 11) is 1.55. The van der Waals surface area contributed by atoms with Crippen LogP contribution in [0, 0.1) is 0 Å². The smallest absolute Gasteiger partial charge is 0.245 e. The molecule has 4 nitrogen and oxygen atoms in total. The largest absolute Gasteiger partial charge is 0.381 e. The molecule has 0 aliphatic carbocycles. The first kappa shape index (κ1) is 20.5. The molecule has 130 valence electrons. The Morgan fingerprint density at radius 1 is 1.08 bits per heavy atom. The van der Waals surface area contributed by atoms with Gasteiger partial charge in [0.15, 0.2) is 0 Å². The van der Waals surface area contributed by atoms with Crippen molar-refractivity contribution in [2.24, 2.45) is 0 Å². The molecular formula is C18H21Cl2NO3. The monoisotopic (exact) mass is 369 g/mol. The fourth-order valence-corrected chi connectivity index (χ4v) is 2.22. The van der Waals surface area contributed by atoms with Crippen molar-refractivity contribution in [1.82, 2.24) is 5.48 Å². The van der Waals surface area contributed by atoms with Crippen LogP contribution in [0.1, 0.15) is 18.4 Å². The summed E-state index contributed by atoms with van der Waals surface area (Å²) in [4.78, 5) is 11.0. The van der Waals surface area contributed by atoms with Gasteiger partial charge in [0.05, 0.1) is 12.5 Å². The second-order valence-electron chi connectivity index (χ2n) is 5.06. The fraction of sp³-hybridized carbons (Fsp3) is 0.278. The summed E-state index contributed by atoms with van der Waals surface area (Å²) in [5.74, 6) is -0.437. The highest BCUT2D eigenvalue weighted by Gasteiger charge is 2.12. The highest BCUT2D eigenvalue weighted by molar-refractivity contribution is 6.30. The van der Waals surface area contributed by atoms with Crippen molar-refractivity contribution >= 4 is 29.1 Å². The molecule has 24 heavy (non-hydrogen) atoms. The maximum Gasteiger partial charge on any atom is 0.245 e.